The van der Waals surface area contributed by atoms with Crippen LogP contribution in [0.25, 0.3) is 22.3 Å². The first-order valence-corrected chi connectivity index (χ1v) is 10.2. The molecule has 2 aromatic heterocycles. The van der Waals surface area contributed by atoms with E-state index in [4.69, 9.17) is 23.5 Å². The van der Waals surface area contributed by atoms with E-state index in [1.54, 1.807) is 44.6 Å². The smallest absolute Gasteiger partial charge is 0.328 e. The normalized spacial score (nSPS) is 12.3. The third kappa shape index (κ3) is 3.77. The van der Waals surface area contributed by atoms with Crippen LogP contribution in [0.4, 0.5) is 0 Å². The van der Waals surface area contributed by atoms with Gasteiger partial charge in [-0.2, -0.15) is 4.98 Å². The van der Waals surface area contributed by atoms with Crippen LogP contribution < -0.4 is 30.2 Å². The lowest BCUT2D eigenvalue weighted by molar-refractivity contribution is 0.174. The second-order valence-corrected chi connectivity index (χ2v) is 7.32. The first-order chi connectivity index (χ1) is 16.1. The van der Waals surface area contributed by atoms with E-state index in [0.29, 0.717) is 64.0 Å². The molecule has 2 aromatic carbocycles. The van der Waals surface area contributed by atoms with Crippen LogP contribution in [-0.4, -0.2) is 40.7 Å². The van der Waals surface area contributed by atoms with Gasteiger partial charge in [-0.25, -0.2) is 4.79 Å². The molecule has 0 radical (unpaired) electrons. The predicted molar refractivity (Wildman–Crippen MR) is 116 cm³/mol. The van der Waals surface area contributed by atoms with E-state index in [0.717, 1.165) is 4.57 Å². The molecule has 170 valence electrons. The molecule has 0 atom stereocenters. The molecule has 0 saturated heterocycles. The van der Waals surface area contributed by atoms with Gasteiger partial charge in [-0.05, 0) is 24.6 Å². The van der Waals surface area contributed by atoms with Crippen LogP contribution in [0.15, 0.2) is 44.4 Å². The van der Waals surface area contributed by atoms with E-state index in [1.165, 1.54) is 0 Å². The first kappa shape index (κ1) is 20.6. The van der Waals surface area contributed by atoms with Crippen molar-refractivity contribution in [2.75, 3.05) is 21.0 Å². The van der Waals surface area contributed by atoms with Crippen molar-refractivity contribution >= 4 is 10.9 Å². The highest BCUT2D eigenvalue weighted by Gasteiger charge is 2.18. The second kappa shape index (κ2) is 8.34. The number of aromatic nitrogens is 4. The Morgan fingerprint density at radius 1 is 1.09 bits per heavy atom. The number of aryl methyl sites for hydroxylation is 1. The maximum atomic E-state index is 12.9. The monoisotopic (exact) mass is 452 g/mol. The van der Waals surface area contributed by atoms with E-state index in [9.17, 15) is 9.59 Å². The van der Waals surface area contributed by atoms with E-state index in [1.807, 2.05) is 0 Å². The molecule has 5 rings (SSSR count). The molecule has 4 aromatic rings. The highest BCUT2D eigenvalue weighted by molar-refractivity contribution is 5.81. The van der Waals surface area contributed by atoms with Crippen molar-refractivity contribution in [3.05, 3.63) is 57.1 Å². The summed E-state index contributed by atoms with van der Waals surface area (Å²) in [4.78, 5) is 32.5. The molecule has 0 aliphatic carbocycles. The topological polar surface area (TPSA) is 131 Å². The van der Waals surface area contributed by atoms with Gasteiger partial charge in [-0.3, -0.25) is 9.36 Å². The summed E-state index contributed by atoms with van der Waals surface area (Å²) < 4.78 is 27.7. The highest BCUT2D eigenvalue weighted by atomic mass is 16.7. The number of nitrogens with one attached hydrogen (secondary N) is 1. The molecular weight excluding hydrogens is 432 g/mol. The Morgan fingerprint density at radius 2 is 1.91 bits per heavy atom. The number of aromatic amines is 1. The minimum Gasteiger partial charge on any atom is -0.497 e. The maximum Gasteiger partial charge on any atom is 0.328 e. The van der Waals surface area contributed by atoms with Crippen LogP contribution >= 0.6 is 0 Å². The Morgan fingerprint density at radius 3 is 2.70 bits per heavy atom. The summed E-state index contributed by atoms with van der Waals surface area (Å²) in [6.07, 6.45) is 0.830. The summed E-state index contributed by atoms with van der Waals surface area (Å²) in [6, 6.07) is 8.47. The van der Waals surface area contributed by atoms with Gasteiger partial charge in [-0.15, -0.1) is 0 Å². The fourth-order valence-corrected chi connectivity index (χ4v) is 3.68. The predicted octanol–water partition coefficient (Wildman–Crippen LogP) is 2.12. The number of hydrogen-bond acceptors (Lipinski definition) is 9. The third-order valence-corrected chi connectivity index (χ3v) is 5.37. The summed E-state index contributed by atoms with van der Waals surface area (Å²) in [5.41, 5.74) is 0.163. The van der Waals surface area contributed by atoms with Crippen LogP contribution in [-0.2, 0) is 13.0 Å². The molecule has 1 N–H and O–H groups in total. The molecule has 0 amide bonds. The Labute approximate surface area is 186 Å². The number of rotatable bonds is 7. The average Bonchev–Trinajstić information content (AvgIpc) is 3.49. The molecule has 33 heavy (non-hydrogen) atoms. The molecule has 11 heteroatoms. The van der Waals surface area contributed by atoms with Gasteiger partial charge in [0.25, 0.3) is 5.56 Å². The summed E-state index contributed by atoms with van der Waals surface area (Å²) >= 11 is 0. The van der Waals surface area contributed by atoms with Gasteiger partial charge in [0, 0.05) is 25.1 Å². The molecule has 1 aliphatic heterocycles. The second-order valence-electron chi connectivity index (χ2n) is 7.32. The summed E-state index contributed by atoms with van der Waals surface area (Å²) in [5.74, 6) is 2.94. The van der Waals surface area contributed by atoms with Crippen molar-refractivity contribution in [2.45, 2.75) is 19.4 Å². The van der Waals surface area contributed by atoms with Gasteiger partial charge < -0.3 is 28.5 Å². The lowest BCUT2D eigenvalue weighted by Gasteiger charge is -2.07. The van der Waals surface area contributed by atoms with E-state index >= 15 is 0 Å². The number of ether oxygens (including phenoxy) is 4. The number of nitrogens with zero attached hydrogens (tertiary/aromatic N) is 3. The molecule has 3 heterocycles. The van der Waals surface area contributed by atoms with Crippen molar-refractivity contribution in [3.8, 4) is 34.4 Å². The van der Waals surface area contributed by atoms with Gasteiger partial charge in [0.05, 0.1) is 30.7 Å². The Kier molecular flexibility index (Phi) is 5.21. The number of methoxy groups -OCH3 is 2. The lowest BCUT2D eigenvalue weighted by atomic mass is 10.2. The van der Waals surface area contributed by atoms with E-state index in [2.05, 4.69) is 15.1 Å². The van der Waals surface area contributed by atoms with Gasteiger partial charge in [0.2, 0.25) is 18.5 Å². The quantitative estimate of drug-likeness (QED) is 0.448. The summed E-state index contributed by atoms with van der Waals surface area (Å²) in [5, 5.41) is 4.37. The van der Waals surface area contributed by atoms with Gasteiger partial charge >= 0.3 is 5.69 Å². The zero-order valence-corrected chi connectivity index (χ0v) is 17.9. The summed E-state index contributed by atoms with van der Waals surface area (Å²) in [7, 11) is 3.12. The summed E-state index contributed by atoms with van der Waals surface area (Å²) in [6.45, 7) is 0.265. The molecular formula is C22H20N4O7. The van der Waals surface area contributed by atoms with E-state index < -0.39 is 11.2 Å². The molecule has 0 saturated carbocycles. The van der Waals surface area contributed by atoms with Crippen LogP contribution in [0.3, 0.4) is 0 Å². The largest absolute Gasteiger partial charge is 0.497 e. The standard InChI is InChI=1S/C22H20N4O7/c1-29-12-5-6-13(16(8-12)30-2)20-24-19(33-25-20)4-3-7-26-21(27)14-9-17-18(32-11-31-17)10-15(14)23-22(26)28/h5-6,8-10H,3-4,7,11H2,1-2H3,(H,23,28). The Balaban J connectivity index is 1.33. The van der Waals surface area contributed by atoms with Crippen molar-refractivity contribution in [3.63, 3.8) is 0 Å². The van der Waals surface area contributed by atoms with Crippen molar-refractivity contribution < 1.29 is 23.5 Å². The molecule has 0 spiro atoms. The minimum absolute atomic E-state index is 0.0820. The molecule has 11 nitrogen and oxygen atoms in total. The number of benzene rings is 2. The van der Waals surface area contributed by atoms with Gasteiger partial charge in [0.15, 0.2) is 11.5 Å². The first-order valence-electron chi connectivity index (χ1n) is 10.2. The Bertz CT molecular complexity index is 1450. The third-order valence-electron chi connectivity index (χ3n) is 5.37. The number of H-pyrrole nitrogens is 1. The van der Waals surface area contributed by atoms with E-state index in [-0.39, 0.29) is 13.3 Å². The average molecular weight is 452 g/mol. The maximum absolute atomic E-state index is 12.9. The SMILES string of the molecule is COc1ccc(-c2noc(CCCn3c(=O)[nH]c4cc5c(cc4c3=O)OCO5)n2)c(OC)c1. The molecule has 0 fully saturated rings. The fourth-order valence-electron chi connectivity index (χ4n) is 3.68. The van der Waals surface area contributed by atoms with Gasteiger partial charge in [-0.1, -0.05) is 5.16 Å². The zero-order valence-electron chi connectivity index (χ0n) is 17.9. The fraction of sp³-hybridized carbons (Fsp3) is 0.273. The van der Waals surface area contributed by atoms with Crippen molar-refractivity contribution in [2.24, 2.45) is 0 Å². The Hall–Kier alpha value is -4.28. The van der Waals surface area contributed by atoms with Crippen LogP contribution in [0, 0.1) is 0 Å². The number of fused-ring (bicyclic) bond motifs is 2. The van der Waals surface area contributed by atoms with Gasteiger partial charge in [0.1, 0.15) is 11.5 Å². The lowest BCUT2D eigenvalue weighted by Crippen LogP contribution is -2.35. The molecule has 1 aliphatic rings. The zero-order chi connectivity index (χ0) is 22.9. The molecule has 0 unspecified atom stereocenters. The van der Waals surface area contributed by atoms with Crippen LogP contribution in [0.1, 0.15) is 12.3 Å². The number of hydrogen-bond donors (Lipinski definition) is 1. The highest BCUT2D eigenvalue weighted by Crippen LogP contribution is 2.34. The minimum atomic E-state index is -0.499. The van der Waals surface area contributed by atoms with Crippen molar-refractivity contribution in [1.82, 2.24) is 19.7 Å². The van der Waals surface area contributed by atoms with Crippen LogP contribution in [0.2, 0.25) is 0 Å². The van der Waals surface area contributed by atoms with Crippen LogP contribution in [0.5, 0.6) is 23.0 Å². The molecule has 0 bridgehead atoms. The van der Waals surface area contributed by atoms with Crippen molar-refractivity contribution in [1.29, 1.82) is 0 Å².